The van der Waals surface area contributed by atoms with E-state index in [1.807, 2.05) is 13.8 Å². The molecule has 0 N–H and O–H groups in total. The fourth-order valence-electron chi connectivity index (χ4n) is 1.75. The molecule has 22 heavy (non-hydrogen) atoms. The summed E-state index contributed by atoms with van der Waals surface area (Å²) in [5.74, 6) is -1.40. The van der Waals surface area contributed by atoms with Crippen LogP contribution in [0.3, 0.4) is 0 Å². The summed E-state index contributed by atoms with van der Waals surface area (Å²) >= 11 is 0. The molecule has 2 aromatic rings. The van der Waals surface area contributed by atoms with Gasteiger partial charge in [-0.25, -0.2) is 9.24 Å². The Hall–Kier alpha value is -2.80. The molecule has 0 atom stereocenters. The van der Waals surface area contributed by atoms with Crippen molar-refractivity contribution in [3.8, 4) is 0 Å². The average molecular weight is 297 g/mol. The molecule has 0 spiro atoms. The highest BCUT2D eigenvalue weighted by Gasteiger charge is 2.15. The first-order valence-electron chi connectivity index (χ1n) is 6.90. The number of halogens is 1. The van der Waals surface area contributed by atoms with E-state index in [0.717, 1.165) is 6.07 Å². The van der Waals surface area contributed by atoms with Gasteiger partial charge in [-0.3, -0.25) is 9.59 Å². The van der Waals surface area contributed by atoms with E-state index in [1.54, 1.807) is 30.3 Å². The van der Waals surface area contributed by atoms with Crippen molar-refractivity contribution >= 4 is 17.3 Å². The number of Topliss-reactive ketones (excluding diaryl/α,β-unsaturated/α-hetero) is 2. The molecular formula is C18H16FNO2. The molecule has 3 nitrogen and oxygen atoms in total. The minimum atomic E-state index is -0.675. The van der Waals surface area contributed by atoms with Crippen LogP contribution in [-0.4, -0.2) is 11.6 Å². The molecule has 4 heteroatoms. The lowest BCUT2D eigenvalue weighted by atomic mass is 10.0. The zero-order valence-electron chi connectivity index (χ0n) is 12.5. The number of benzene rings is 2. The van der Waals surface area contributed by atoms with Gasteiger partial charge < -0.3 is 0 Å². The first-order chi connectivity index (χ1) is 10.6. The van der Waals surface area contributed by atoms with Crippen LogP contribution in [-0.2, 0) is 0 Å². The van der Waals surface area contributed by atoms with E-state index in [9.17, 15) is 14.0 Å². The highest BCUT2D eigenvalue weighted by atomic mass is 19.1. The van der Waals surface area contributed by atoms with Gasteiger partial charge in [-0.1, -0.05) is 50.2 Å². The molecule has 0 amide bonds. The van der Waals surface area contributed by atoms with E-state index >= 15 is 0 Å². The molecule has 0 saturated heterocycles. The van der Waals surface area contributed by atoms with Gasteiger partial charge in [-0.15, -0.1) is 0 Å². The molecule has 2 aromatic carbocycles. The first kappa shape index (κ1) is 17.3. The van der Waals surface area contributed by atoms with Crippen molar-refractivity contribution in [2.75, 3.05) is 0 Å². The van der Waals surface area contributed by atoms with Crippen LogP contribution in [0.4, 0.5) is 10.1 Å². The van der Waals surface area contributed by atoms with E-state index in [0.29, 0.717) is 5.56 Å². The first-order valence-corrected chi connectivity index (χ1v) is 6.90. The number of nitrogens with zero attached hydrogens (tertiary/aromatic N) is 1. The topological polar surface area (TPSA) is 38.5 Å². The molecule has 0 aliphatic heterocycles. The summed E-state index contributed by atoms with van der Waals surface area (Å²) in [5.41, 5.74) is 0.401. The largest absolute Gasteiger partial charge is 0.294 e. The van der Waals surface area contributed by atoms with Crippen LogP contribution in [0.15, 0.2) is 48.5 Å². The third-order valence-corrected chi connectivity index (χ3v) is 2.81. The smallest absolute Gasteiger partial charge is 0.222 e. The second-order valence-corrected chi connectivity index (χ2v) is 4.17. The molecule has 0 heterocycles. The van der Waals surface area contributed by atoms with Crippen LogP contribution in [0, 0.1) is 12.4 Å². The maximum absolute atomic E-state index is 13.2. The SMILES string of the molecule is CC.[C-]#[N+]c1cc(C(=O)CC(=O)c2ccccc2)ccc1F. The standard InChI is InChI=1S/C16H10FNO2.C2H6/c1-18-14-9-12(7-8-13(14)17)16(20)10-15(19)11-5-3-2-4-6-11;1-2/h2-9H,10H2;1-2H3. The van der Waals surface area contributed by atoms with Crippen molar-refractivity contribution < 1.29 is 14.0 Å². The highest BCUT2D eigenvalue weighted by molar-refractivity contribution is 6.13. The van der Waals surface area contributed by atoms with Gasteiger partial charge in [0.15, 0.2) is 11.6 Å². The molecule has 0 bridgehead atoms. The van der Waals surface area contributed by atoms with Gasteiger partial charge in [0.1, 0.15) is 5.82 Å². The van der Waals surface area contributed by atoms with Crippen LogP contribution in [0.1, 0.15) is 41.0 Å². The van der Waals surface area contributed by atoms with Gasteiger partial charge >= 0.3 is 0 Å². The van der Waals surface area contributed by atoms with Crippen LogP contribution in [0.2, 0.25) is 0 Å². The Morgan fingerprint density at radius 3 is 2.18 bits per heavy atom. The van der Waals surface area contributed by atoms with Crippen molar-refractivity contribution in [1.29, 1.82) is 0 Å². The van der Waals surface area contributed by atoms with Crippen molar-refractivity contribution in [2.24, 2.45) is 0 Å². The Kier molecular flexibility index (Phi) is 6.65. The maximum atomic E-state index is 13.2. The summed E-state index contributed by atoms with van der Waals surface area (Å²) in [5, 5.41) is 0. The predicted molar refractivity (Wildman–Crippen MR) is 83.7 cm³/mol. The number of hydrogen-bond acceptors (Lipinski definition) is 2. The summed E-state index contributed by atoms with van der Waals surface area (Å²) in [6.07, 6.45) is -0.299. The third kappa shape index (κ3) is 4.35. The molecule has 0 aromatic heterocycles. The van der Waals surface area contributed by atoms with Gasteiger partial charge in [0, 0.05) is 11.1 Å². The van der Waals surface area contributed by atoms with Crippen LogP contribution >= 0.6 is 0 Å². The second kappa shape index (κ2) is 8.48. The number of carbonyl (C=O) groups excluding carboxylic acids is 2. The van der Waals surface area contributed by atoms with Crippen LogP contribution in [0.5, 0.6) is 0 Å². The molecular weight excluding hydrogens is 281 g/mol. The van der Waals surface area contributed by atoms with Gasteiger partial charge in [0.2, 0.25) is 5.69 Å². The molecule has 112 valence electrons. The minimum absolute atomic E-state index is 0.168. The summed E-state index contributed by atoms with van der Waals surface area (Å²) < 4.78 is 13.2. The number of rotatable bonds is 4. The molecule has 0 saturated carbocycles. The number of hydrogen-bond donors (Lipinski definition) is 0. The minimum Gasteiger partial charge on any atom is -0.294 e. The van der Waals surface area contributed by atoms with Gasteiger partial charge in [0.05, 0.1) is 13.0 Å². The molecule has 0 unspecified atom stereocenters. The van der Waals surface area contributed by atoms with Gasteiger partial charge in [-0.2, -0.15) is 0 Å². The van der Waals surface area contributed by atoms with Crippen LogP contribution in [0.25, 0.3) is 4.85 Å². The van der Waals surface area contributed by atoms with E-state index in [1.165, 1.54) is 12.1 Å². The van der Waals surface area contributed by atoms with Crippen molar-refractivity contribution in [2.45, 2.75) is 20.3 Å². The summed E-state index contributed by atoms with van der Waals surface area (Å²) in [6, 6.07) is 12.0. The third-order valence-electron chi connectivity index (χ3n) is 2.81. The van der Waals surface area contributed by atoms with E-state index in [2.05, 4.69) is 4.85 Å². The van der Waals surface area contributed by atoms with Crippen molar-refractivity contribution in [3.05, 3.63) is 76.9 Å². The fourth-order valence-corrected chi connectivity index (χ4v) is 1.75. The molecule has 0 aliphatic rings. The van der Waals surface area contributed by atoms with Gasteiger partial charge in [-0.05, 0) is 12.1 Å². The predicted octanol–water partition coefficient (Wildman–Crippen LogP) is 4.86. The molecule has 0 fully saturated rings. The lowest BCUT2D eigenvalue weighted by Gasteiger charge is -2.02. The molecule has 0 radical (unpaired) electrons. The Labute approximate surface area is 129 Å². The lowest BCUT2D eigenvalue weighted by molar-refractivity contribution is 0.0894. The van der Waals surface area contributed by atoms with E-state index < -0.39 is 11.6 Å². The summed E-state index contributed by atoms with van der Waals surface area (Å²) in [7, 11) is 0. The van der Waals surface area contributed by atoms with Crippen molar-refractivity contribution in [3.63, 3.8) is 0 Å². The van der Waals surface area contributed by atoms with Gasteiger partial charge in [0.25, 0.3) is 0 Å². The summed E-state index contributed by atoms with van der Waals surface area (Å²) in [6.45, 7) is 10.8. The summed E-state index contributed by atoms with van der Waals surface area (Å²) in [4.78, 5) is 26.8. The van der Waals surface area contributed by atoms with E-state index in [4.69, 9.17) is 6.57 Å². The molecule has 0 aliphatic carbocycles. The maximum Gasteiger partial charge on any atom is 0.222 e. The zero-order valence-corrected chi connectivity index (χ0v) is 12.5. The average Bonchev–Trinajstić information content (AvgIpc) is 2.57. The fraction of sp³-hybridized carbons (Fsp3) is 0.167. The number of ketones is 2. The Balaban J connectivity index is 0.00000116. The quantitative estimate of drug-likeness (QED) is 0.459. The van der Waals surface area contributed by atoms with Crippen LogP contribution < -0.4 is 0 Å². The van der Waals surface area contributed by atoms with E-state index in [-0.39, 0.29) is 23.5 Å². The Morgan fingerprint density at radius 1 is 1.00 bits per heavy atom. The van der Waals surface area contributed by atoms with Crippen molar-refractivity contribution in [1.82, 2.24) is 0 Å². The lowest BCUT2D eigenvalue weighted by Crippen LogP contribution is -2.08. The second-order valence-electron chi connectivity index (χ2n) is 4.17. The Bertz CT molecular complexity index is 703. The monoisotopic (exact) mass is 297 g/mol. The number of carbonyl (C=O) groups is 2. The molecule has 2 rings (SSSR count). The highest BCUT2D eigenvalue weighted by Crippen LogP contribution is 2.20. The Morgan fingerprint density at radius 2 is 1.59 bits per heavy atom. The zero-order chi connectivity index (χ0) is 16.5. The normalized spacial score (nSPS) is 9.18.